The summed E-state index contributed by atoms with van der Waals surface area (Å²) < 4.78 is 0. The van der Waals surface area contributed by atoms with Crippen LogP contribution in [0.5, 0.6) is 0 Å². The van der Waals surface area contributed by atoms with Gasteiger partial charge in [0.25, 0.3) is 0 Å². The number of benzene rings is 2. The first-order valence-corrected chi connectivity index (χ1v) is 6.86. The summed E-state index contributed by atoms with van der Waals surface area (Å²) in [6, 6.07) is 20.3. The topological polar surface area (TPSA) is 20.3 Å². The Morgan fingerprint density at radius 2 is 1.65 bits per heavy atom. The summed E-state index contributed by atoms with van der Waals surface area (Å²) in [6.07, 6.45) is 2.76. The second-order valence-electron chi connectivity index (χ2n) is 5.12. The van der Waals surface area contributed by atoms with Crippen molar-refractivity contribution in [3.05, 3.63) is 71.8 Å². The van der Waals surface area contributed by atoms with Gasteiger partial charge >= 0.3 is 0 Å². The minimum absolute atomic E-state index is 0.185. The third kappa shape index (κ3) is 2.37. The molecule has 1 heterocycles. The maximum absolute atomic E-state index is 11.9. The van der Waals surface area contributed by atoms with E-state index < -0.39 is 0 Å². The summed E-state index contributed by atoms with van der Waals surface area (Å²) in [5.74, 6) is 0.196. The quantitative estimate of drug-likeness (QED) is 0.769. The standard InChI is InChI=1S/C18H17NO/c1-14(12-15-8-4-2-5-9-15)17-13-18(20)19(17)16-10-6-3-7-11-16/h2-12,17H,13H2,1H3/b14-12-. The lowest BCUT2D eigenvalue weighted by molar-refractivity contribution is -0.123. The second-order valence-corrected chi connectivity index (χ2v) is 5.12. The number of para-hydroxylation sites is 1. The molecule has 0 bridgehead atoms. The number of anilines is 1. The largest absolute Gasteiger partial charge is 0.305 e. The Bertz CT molecular complexity index is 631. The molecule has 2 heteroatoms. The summed E-state index contributed by atoms with van der Waals surface area (Å²) in [6.45, 7) is 2.10. The first-order valence-electron chi connectivity index (χ1n) is 6.86. The first-order chi connectivity index (χ1) is 9.75. The van der Waals surface area contributed by atoms with E-state index in [1.54, 1.807) is 0 Å². The molecular weight excluding hydrogens is 246 g/mol. The summed E-state index contributed by atoms with van der Waals surface area (Å²) in [5, 5.41) is 0. The van der Waals surface area contributed by atoms with Crippen LogP contribution in [-0.2, 0) is 4.79 Å². The minimum Gasteiger partial charge on any atom is -0.305 e. The van der Waals surface area contributed by atoms with Gasteiger partial charge in [-0.25, -0.2) is 0 Å². The van der Waals surface area contributed by atoms with Gasteiger partial charge in [0.1, 0.15) is 0 Å². The molecule has 1 fully saturated rings. The number of rotatable bonds is 3. The van der Waals surface area contributed by atoms with Crippen molar-refractivity contribution in [1.82, 2.24) is 0 Å². The molecule has 100 valence electrons. The average molecular weight is 263 g/mol. The molecule has 1 aliphatic rings. The maximum atomic E-state index is 11.9. The molecule has 0 aromatic heterocycles. The Hall–Kier alpha value is -2.35. The van der Waals surface area contributed by atoms with E-state index in [1.165, 1.54) is 11.1 Å². The Morgan fingerprint density at radius 1 is 1.05 bits per heavy atom. The predicted molar refractivity (Wildman–Crippen MR) is 82.4 cm³/mol. The minimum atomic E-state index is 0.185. The van der Waals surface area contributed by atoms with Crippen molar-refractivity contribution in [2.75, 3.05) is 4.90 Å². The molecule has 1 saturated heterocycles. The van der Waals surface area contributed by atoms with Crippen molar-refractivity contribution in [2.24, 2.45) is 0 Å². The molecule has 1 aliphatic heterocycles. The molecule has 0 radical (unpaired) electrons. The van der Waals surface area contributed by atoms with Gasteiger partial charge in [0, 0.05) is 5.69 Å². The highest BCUT2D eigenvalue weighted by Gasteiger charge is 2.37. The van der Waals surface area contributed by atoms with E-state index in [2.05, 4.69) is 25.1 Å². The third-order valence-corrected chi connectivity index (χ3v) is 3.70. The molecule has 1 atom stereocenters. The van der Waals surface area contributed by atoms with Gasteiger partial charge in [-0.1, -0.05) is 54.6 Å². The van der Waals surface area contributed by atoms with Crippen LogP contribution >= 0.6 is 0 Å². The molecule has 2 nitrogen and oxygen atoms in total. The van der Waals surface area contributed by atoms with Gasteiger partial charge in [0.15, 0.2) is 0 Å². The van der Waals surface area contributed by atoms with Crippen molar-refractivity contribution in [3.63, 3.8) is 0 Å². The molecular formula is C18H17NO. The normalized spacial score (nSPS) is 18.9. The van der Waals surface area contributed by atoms with Crippen LogP contribution in [0.3, 0.4) is 0 Å². The van der Waals surface area contributed by atoms with E-state index in [0.29, 0.717) is 6.42 Å². The van der Waals surface area contributed by atoms with Gasteiger partial charge in [-0.3, -0.25) is 4.79 Å². The molecule has 0 N–H and O–H groups in total. The molecule has 0 saturated carbocycles. The average Bonchev–Trinajstić information content (AvgIpc) is 2.46. The fourth-order valence-electron chi connectivity index (χ4n) is 2.60. The Balaban J connectivity index is 1.84. The van der Waals surface area contributed by atoms with Gasteiger partial charge < -0.3 is 4.90 Å². The zero-order valence-corrected chi connectivity index (χ0v) is 11.5. The molecule has 0 spiro atoms. The first kappa shape index (κ1) is 12.7. The van der Waals surface area contributed by atoms with E-state index in [-0.39, 0.29) is 11.9 Å². The van der Waals surface area contributed by atoms with E-state index in [4.69, 9.17) is 0 Å². The highest BCUT2D eigenvalue weighted by molar-refractivity contribution is 6.02. The van der Waals surface area contributed by atoms with Gasteiger partial charge in [-0.15, -0.1) is 0 Å². The van der Waals surface area contributed by atoms with Crippen LogP contribution < -0.4 is 4.90 Å². The van der Waals surface area contributed by atoms with E-state index >= 15 is 0 Å². The molecule has 0 aliphatic carbocycles. The molecule has 2 aromatic rings. The summed E-state index contributed by atoms with van der Waals surface area (Å²) in [4.78, 5) is 13.8. The van der Waals surface area contributed by atoms with Crippen molar-refractivity contribution in [2.45, 2.75) is 19.4 Å². The zero-order chi connectivity index (χ0) is 13.9. The van der Waals surface area contributed by atoms with E-state index in [1.807, 2.05) is 53.4 Å². The summed E-state index contributed by atoms with van der Waals surface area (Å²) >= 11 is 0. The summed E-state index contributed by atoms with van der Waals surface area (Å²) in [5.41, 5.74) is 3.38. The number of carbonyl (C=O) groups is 1. The van der Waals surface area contributed by atoms with Crippen LogP contribution in [0.4, 0.5) is 5.69 Å². The number of hydrogen-bond donors (Lipinski definition) is 0. The highest BCUT2D eigenvalue weighted by Crippen LogP contribution is 2.32. The second kappa shape index (κ2) is 5.33. The SMILES string of the molecule is C/C(=C/c1ccccc1)C1CC(=O)N1c1ccccc1. The number of amides is 1. The highest BCUT2D eigenvalue weighted by atomic mass is 16.2. The monoisotopic (exact) mass is 263 g/mol. The predicted octanol–water partition coefficient (Wildman–Crippen LogP) is 3.90. The van der Waals surface area contributed by atoms with Crippen molar-refractivity contribution in [3.8, 4) is 0 Å². The van der Waals surface area contributed by atoms with Crippen LogP contribution in [0.1, 0.15) is 18.9 Å². The fourth-order valence-corrected chi connectivity index (χ4v) is 2.60. The number of nitrogens with zero attached hydrogens (tertiary/aromatic N) is 1. The molecule has 1 amide bonds. The van der Waals surface area contributed by atoms with Crippen molar-refractivity contribution >= 4 is 17.7 Å². The zero-order valence-electron chi connectivity index (χ0n) is 11.5. The van der Waals surface area contributed by atoms with Crippen LogP contribution in [0.2, 0.25) is 0 Å². The summed E-state index contributed by atoms with van der Waals surface area (Å²) in [7, 11) is 0. The van der Waals surface area contributed by atoms with Crippen molar-refractivity contribution < 1.29 is 4.79 Å². The third-order valence-electron chi connectivity index (χ3n) is 3.70. The maximum Gasteiger partial charge on any atom is 0.229 e. The van der Waals surface area contributed by atoms with Gasteiger partial charge in [-0.2, -0.15) is 0 Å². The molecule has 3 rings (SSSR count). The molecule has 1 unspecified atom stereocenters. The Labute approximate surface area is 119 Å². The number of carbonyl (C=O) groups excluding carboxylic acids is 1. The lowest BCUT2D eigenvalue weighted by Crippen LogP contribution is -2.53. The van der Waals surface area contributed by atoms with Crippen LogP contribution in [0.15, 0.2) is 66.2 Å². The fraction of sp³-hybridized carbons (Fsp3) is 0.167. The van der Waals surface area contributed by atoms with Gasteiger partial charge in [-0.05, 0) is 30.2 Å². The lowest BCUT2D eigenvalue weighted by atomic mass is 9.92. The van der Waals surface area contributed by atoms with Crippen LogP contribution in [-0.4, -0.2) is 11.9 Å². The van der Waals surface area contributed by atoms with E-state index in [0.717, 1.165) is 5.69 Å². The Kier molecular flexibility index (Phi) is 3.38. The van der Waals surface area contributed by atoms with Gasteiger partial charge in [0.2, 0.25) is 5.91 Å². The molecule has 20 heavy (non-hydrogen) atoms. The van der Waals surface area contributed by atoms with Crippen LogP contribution in [0.25, 0.3) is 6.08 Å². The number of β-lactam (4-membered cyclic amide) rings is 1. The number of hydrogen-bond acceptors (Lipinski definition) is 1. The Morgan fingerprint density at radius 3 is 2.25 bits per heavy atom. The lowest BCUT2D eigenvalue weighted by Gasteiger charge is -2.41. The van der Waals surface area contributed by atoms with Gasteiger partial charge in [0.05, 0.1) is 12.5 Å². The molecule has 2 aromatic carbocycles. The smallest absolute Gasteiger partial charge is 0.229 e. The van der Waals surface area contributed by atoms with E-state index in [9.17, 15) is 4.79 Å². The van der Waals surface area contributed by atoms with Crippen molar-refractivity contribution in [1.29, 1.82) is 0 Å². The van der Waals surface area contributed by atoms with Crippen LogP contribution in [0, 0.1) is 0 Å².